The highest BCUT2D eigenvalue weighted by atomic mass is 15.3. The molecule has 3 heterocycles. The minimum Gasteiger partial charge on any atom is -0.365 e. The minimum absolute atomic E-state index is 0.364. The van der Waals surface area contributed by atoms with E-state index in [4.69, 9.17) is 0 Å². The van der Waals surface area contributed by atoms with E-state index in [0.29, 0.717) is 6.04 Å². The first-order chi connectivity index (χ1) is 10.3. The van der Waals surface area contributed by atoms with Crippen LogP contribution in [0.1, 0.15) is 25.3 Å². The first kappa shape index (κ1) is 13.7. The summed E-state index contributed by atoms with van der Waals surface area (Å²) >= 11 is 0. The quantitative estimate of drug-likeness (QED) is 0.925. The average molecular weight is 284 g/mol. The van der Waals surface area contributed by atoms with E-state index in [0.717, 1.165) is 44.1 Å². The van der Waals surface area contributed by atoms with Crippen molar-refractivity contribution in [3.8, 4) is 0 Å². The smallest absolute Gasteiger partial charge is 0.225 e. The summed E-state index contributed by atoms with van der Waals surface area (Å²) in [5.41, 5.74) is 1.17. The van der Waals surface area contributed by atoms with Crippen LogP contribution in [0.2, 0.25) is 0 Å². The van der Waals surface area contributed by atoms with Crippen LogP contribution in [0, 0.1) is 0 Å². The van der Waals surface area contributed by atoms with E-state index in [1.807, 2.05) is 18.5 Å². The number of hydrogen-bond donors (Lipinski definition) is 1. The van der Waals surface area contributed by atoms with Gasteiger partial charge in [0.05, 0.1) is 0 Å². The highest BCUT2D eigenvalue weighted by Crippen LogP contribution is 2.18. The van der Waals surface area contributed by atoms with Gasteiger partial charge in [0.2, 0.25) is 5.95 Å². The molecule has 0 saturated carbocycles. The molecular weight excluding hydrogens is 264 g/mol. The van der Waals surface area contributed by atoms with Crippen LogP contribution in [-0.2, 0) is 6.42 Å². The zero-order chi connectivity index (χ0) is 14.5. The van der Waals surface area contributed by atoms with E-state index in [1.165, 1.54) is 5.56 Å². The maximum Gasteiger partial charge on any atom is 0.225 e. The Morgan fingerprint density at radius 3 is 2.86 bits per heavy atom. The number of aromatic nitrogens is 4. The molecule has 6 nitrogen and oxygen atoms in total. The standard InChI is InChI=1S/C15H20N6/c1-2-12-8-17-15(18-9-12)21-7-3-4-13(10-21)20-14-5-6-16-11-19-14/h5-6,8-9,11,13H,2-4,7,10H2,1H3,(H,16,19,20). The van der Waals surface area contributed by atoms with Gasteiger partial charge < -0.3 is 10.2 Å². The third-order valence-corrected chi connectivity index (χ3v) is 3.74. The van der Waals surface area contributed by atoms with E-state index in [-0.39, 0.29) is 0 Å². The summed E-state index contributed by atoms with van der Waals surface area (Å²) in [5.74, 6) is 1.69. The summed E-state index contributed by atoms with van der Waals surface area (Å²) in [7, 11) is 0. The fourth-order valence-electron chi connectivity index (χ4n) is 2.56. The van der Waals surface area contributed by atoms with Crippen LogP contribution >= 0.6 is 0 Å². The number of piperidine rings is 1. The van der Waals surface area contributed by atoms with Gasteiger partial charge in [0.1, 0.15) is 12.1 Å². The molecule has 0 aliphatic carbocycles. The van der Waals surface area contributed by atoms with E-state index in [1.54, 1.807) is 12.5 Å². The highest BCUT2D eigenvalue weighted by Gasteiger charge is 2.21. The predicted molar refractivity (Wildman–Crippen MR) is 82.3 cm³/mol. The van der Waals surface area contributed by atoms with Gasteiger partial charge >= 0.3 is 0 Å². The second-order valence-corrected chi connectivity index (χ2v) is 5.27. The number of rotatable bonds is 4. The Hall–Kier alpha value is -2.24. The van der Waals surface area contributed by atoms with Crippen molar-refractivity contribution < 1.29 is 0 Å². The normalized spacial score (nSPS) is 18.5. The van der Waals surface area contributed by atoms with Crippen LogP contribution in [0.3, 0.4) is 0 Å². The maximum atomic E-state index is 4.48. The fraction of sp³-hybridized carbons (Fsp3) is 0.467. The number of nitrogens with one attached hydrogen (secondary N) is 1. The van der Waals surface area contributed by atoms with Crippen molar-refractivity contribution in [1.29, 1.82) is 0 Å². The van der Waals surface area contributed by atoms with Gasteiger partial charge in [0.15, 0.2) is 0 Å². The van der Waals surface area contributed by atoms with Gasteiger partial charge in [0, 0.05) is 37.7 Å². The van der Waals surface area contributed by atoms with E-state index >= 15 is 0 Å². The lowest BCUT2D eigenvalue weighted by Crippen LogP contribution is -2.43. The number of anilines is 2. The molecule has 3 rings (SSSR count). The Balaban J connectivity index is 1.64. The Labute approximate surface area is 124 Å². The summed E-state index contributed by atoms with van der Waals surface area (Å²) in [4.78, 5) is 19.3. The van der Waals surface area contributed by atoms with E-state index < -0.39 is 0 Å². The molecule has 1 fully saturated rings. The van der Waals surface area contributed by atoms with Crippen LogP contribution in [0.5, 0.6) is 0 Å². The van der Waals surface area contributed by atoms with E-state index in [9.17, 15) is 0 Å². The Bertz CT molecular complexity index is 556. The molecule has 2 aromatic heterocycles. The monoisotopic (exact) mass is 284 g/mol. The van der Waals surface area contributed by atoms with Gasteiger partial charge in [-0.25, -0.2) is 19.9 Å². The molecule has 0 radical (unpaired) electrons. The molecule has 1 unspecified atom stereocenters. The first-order valence-electron chi connectivity index (χ1n) is 7.43. The predicted octanol–water partition coefficient (Wildman–Crippen LogP) is 1.91. The van der Waals surface area contributed by atoms with Crippen molar-refractivity contribution in [1.82, 2.24) is 19.9 Å². The molecule has 21 heavy (non-hydrogen) atoms. The molecule has 1 aliphatic rings. The first-order valence-corrected chi connectivity index (χ1v) is 7.43. The zero-order valence-electron chi connectivity index (χ0n) is 12.2. The van der Waals surface area contributed by atoms with Gasteiger partial charge in [-0.1, -0.05) is 6.92 Å². The molecule has 0 bridgehead atoms. The molecule has 0 aromatic carbocycles. The van der Waals surface area contributed by atoms with Gasteiger partial charge in [-0.2, -0.15) is 0 Å². The van der Waals surface area contributed by atoms with Crippen molar-refractivity contribution in [3.63, 3.8) is 0 Å². The second kappa shape index (κ2) is 6.47. The summed E-state index contributed by atoms with van der Waals surface area (Å²) in [6, 6.07) is 2.26. The van der Waals surface area contributed by atoms with Gasteiger partial charge in [0.25, 0.3) is 0 Å². The lowest BCUT2D eigenvalue weighted by atomic mass is 10.1. The third kappa shape index (κ3) is 3.45. The Kier molecular flexibility index (Phi) is 4.23. The topological polar surface area (TPSA) is 66.8 Å². The van der Waals surface area contributed by atoms with Crippen LogP contribution < -0.4 is 10.2 Å². The number of nitrogens with zero attached hydrogens (tertiary/aromatic N) is 5. The molecular formula is C15H20N6. The lowest BCUT2D eigenvalue weighted by molar-refractivity contribution is 0.521. The average Bonchev–Trinajstić information content (AvgIpc) is 2.56. The molecule has 1 atom stereocenters. The SMILES string of the molecule is CCc1cnc(N2CCCC(Nc3ccncn3)C2)nc1. The van der Waals surface area contributed by atoms with Crippen LogP contribution in [0.25, 0.3) is 0 Å². The Morgan fingerprint density at radius 2 is 2.14 bits per heavy atom. The molecule has 2 aromatic rings. The summed E-state index contributed by atoms with van der Waals surface area (Å²) in [6.45, 7) is 4.02. The number of aryl methyl sites for hydroxylation is 1. The maximum absolute atomic E-state index is 4.48. The van der Waals surface area contributed by atoms with Gasteiger partial charge in [-0.15, -0.1) is 0 Å². The van der Waals surface area contributed by atoms with Crippen molar-refractivity contribution in [3.05, 3.63) is 36.5 Å². The lowest BCUT2D eigenvalue weighted by Gasteiger charge is -2.33. The second-order valence-electron chi connectivity index (χ2n) is 5.27. The fourth-order valence-corrected chi connectivity index (χ4v) is 2.56. The molecule has 110 valence electrons. The minimum atomic E-state index is 0.364. The van der Waals surface area contributed by atoms with Crippen LogP contribution in [0.15, 0.2) is 31.0 Å². The number of hydrogen-bond acceptors (Lipinski definition) is 6. The van der Waals surface area contributed by atoms with Crippen molar-refractivity contribution in [2.75, 3.05) is 23.3 Å². The van der Waals surface area contributed by atoms with Gasteiger partial charge in [-0.3, -0.25) is 0 Å². The molecule has 1 aliphatic heterocycles. The summed E-state index contributed by atoms with van der Waals surface area (Å²) < 4.78 is 0. The zero-order valence-corrected chi connectivity index (χ0v) is 12.2. The largest absolute Gasteiger partial charge is 0.365 e. The molecule has 0 spiro atoms. The molecule has 6 heteroatoms. The third-order valence-electron chi connectivity index (χ3n) is 3.74. The van der Waals surface area contributed by atoms with Crippen molar-refractivity contribution >= 4 is 11.8 Å². The summed E-state index contributed by atoms with van der Waals surface area (Å²) in [5, 5.41) is 3.45. The molecule has 1 saturated heterocycles. The van der Waals surface area contributed by atoms with Crippen LogP contribution in [0.4, 0.5) is 11.8 Å². The highest BCUT2D eigenvalue weighted by molar-refractivity contribution is 5.37. The van der Waals surface area contributed by atoms with Crippen LogP contribution in [-0.4, -0.2) is 39.1 Å². The molecule has 1 N–H and O–H groups in total. The van der Waals surface area contributed by atoms with E-state index in [2.05, 4.69) is 37.1 Å². The Morgan fingerprint density at radius 1 is 1.29 bits per heavy atom. The summed E-state index contributed by atoms with van der Waals surface area (Å²) in [6.07, 6.45) is 10.4. The van der Waals surface area contributed by atoms with Crippen molar-refractivity contribution in [2.24, 2.45) is 0 Å². The van der Waals surface area contributed by atoms with Crippen molar-refractivity contribution in [2.45, 2.75) is 32.2 Å². The van der Waals surface area contributed by atoms with Gasteiger partial charge in [-0.05, 0) is 30.9 Å². The molecule has 0 amide bonds.